The number of rotatable bonds is 5. The summed E-state index contributed by atoms with van der Waals surface area (Å²) < 4.78 is 5.11. The molecule has 0 aromatic carbocycles. The Hall–Kier alpha value is -2.09. The van der Waals surface area contributed by atoms with Crippen molar-refractivity contribution in [1.82, 2.24) is 4.98 Å². The number of amides is 2. The van der Waals surface area contributed by atoms with Crippen molar-refractivity contribution in [3.8, 4) is 0 Å². The van der Waals surface area contributed by atoms with Crippen LogP contribution in [-0.4, -0.2) is 16.8 Å². The first kappa shape index (κ1) is 20.0. The molecule has 2 aromatic heterocycles. The quantitative estimate of drug-likeness (QED) is 0.746. The molecular weight excluding hydrogens is 355 g/mol. The summed E-state index contributed by atoms with van der Waals surface area (Å²) in [5.74, 6) is 0.834. The molecule has 1 saturated carbocycles. The number of carbonyl (C=O) groups excluding carboxylic acids is 2. The molecule has 2 aromatic rings. The predicted octanol–water partition coefficient (Wildman–Crippen LogP) is 2.58. The Bertz CT molecular complexity index is 699. The van der Waals surface area contributed by atoms with E-state index in [1.807, 2.05) is 0 Å². The predicted molar refractivity (Wildman–Crippen MR) is 94.6 cm³/mol. The van der Waals surface area contributed by atoms with Gasteiger partial charge in [0, 0.05) is 5.92 Å². The second-order valence-electron chi connectivity index (χ2n) is 5.16. The van der Waals surface area contributed by atoms with E-state index in [9.17, 15) is 9.59 Å². The number of halogens is 2. The summed E-state index contributed by atoms with van der Waals surface area (Å²) >= 11 is 0. The molecule has 0 saturated heterocycles. The van der Waals surface area contributed by atoms with E-state index in [0.29, 0.717) is 22.8 Å². The third kappa shape index (κ3) is 4.95. The Labute approximate surface area is 151 Å². The Morgan fingerprint density at radius 3 is 2.54 bits per heavy atom. The summed E-state index contributed by atoms with van der Waals surface area (Å²) in [6, 6.07) is 4.92. The SMILES string of the molecule is Cl.Cl.NCc1cc(C(=O)Nc2ccc(NC(=O)C3CC3)nc2)co1. The average Bonchev–Trinajstić information content (AvgIpc) is 3.26. The molecule has 9 heteroatoms. The largest absolute Gasteiger partial charge is 0.467 e. The summed E-state index contributed by atoms with van der Waals surface area (Å²) in [6.07, 6.45) is 4.73. The first-order chi connectivity index (χ1) is 10.7. The van der Waals surface area contributed by atoms with Crippen molar-refractivity contribution in [3.05, 3.63) is 42.0 Å². The third-order valence-electron chi connectivity index (χ3n) is 3.34. The fraction of sp³-hybridized carbons (Fsp3) is 0.267. The number of carbonyl (C=O) groups is 2. The van der Waals surface area contributed by atoms with Crippen molar-refractivity contribution in [3.63, 3.8) is 0 Å². The number of hydrogen-bond donors (Lipinski definition) is 3. The molecule has 0 aliphatic heterocycles. The first-order valence-electron chi connectivity index (χ1n) is 7.01. The lowest BCUT2D eigenvalue weighted by Crippen LogP contribution is -2.15. The molecule has 3 rings (SSSR count). The fourth-order valence-electron chi connectivity index (χ4n) is 1.93. The van der Waals surface area contributed by atoms with Gasteiger partial charge in [-0.2, -0.15) is 0 Å². The number of nitrogens with one attached hydrogen (secondary N) is 2. The smallest absolute Gasteiger partial charge is 0.258 e. The van der Waals surface area contributed by atoms with Gasteiger partial charge in [0.1, 0.15) is 17.8 Å². The highest BCUT2D eigenvalue weighted by molar-refractivity contribution is 6.04. The number of furan rings is 1. The van der Waals surface area contributed by atoms with Crippen molar-refractivity contribution >= 4 is 48.1 Å². The van der Waals surface area contributed by atoms with Gasteiger partial charge in [-0.3, -0.25) is 9.59 Å². The molecule has 7 nitrogen and oxygen atoms in total. The van der Waals surface area contributed by atoms with Crippen molar-refractivity contribution in [2.24, 2.45) is 11.7 Å². The standard InChI is InChI=1S/C15H16N4O3.2ClH/c16-6-12-5-10(8-22-12)15(21)18-11-3-4-13(17-7-11)19-14(20)9-1-2-9;;/h3-5,7-9H,1-2,6,16H2,(H,18,21)(H,17,19,20);2*1H. The van der Waals surface area contributed by atoms with Gasteiger partial charge in [0.15, 0.2) is 0 Å². The van der Waals surface area contributed by atoms with Crippen LogP contribution in [0.4, 0.5) is 11.5 Å². The third-order valence-corrected chi connectivity index (χ3v) is 3.34. The monoisotopic (exact) mass is 372 g/mol. The zero-order valence-electron chi connectivity index (χ0n) is 12.7. The first-order valence-corrected chi connectivity index (χ1v) is 7.01. The molecule has 0 radical (unpaired) electrons. The maximum Gasteiger partial charge on any atom is 0.258 e. The number of hydrogen-bond acceptors (Lipinski definition) is 5. The van der Waals surface area contributed by atoms with Gasteiger partial charge < -0.3 is 20.8 Å². The summed E-state index contributed by atoms with van der Waals surface area (Å²) in [5.41, 5.74) is 6.36. The molecule has 0 bridgehead atoms. The van der Waals surface area contributed by atoms with Gasteiger partial charge in [0.05, 0.1) is 24.0 Å². The number of nitrogens with zero attached hydrogens (tertiary/aromatic N) is 1. The molecule has 4 N–H and O–H groups in total. The van der Waals surface area contributed by atoms with Crippen LogP contribution in [0.2, 0.25) is 0 Å². The van der Waals surface area contributed by atoms with E-state index in [0.717, 1.165) is 12.8 Å². The molecule has 0 unspecified atom stereocenters. The summed E-state index contributed by atoms with van der Waals surface area (Å²) in [6.45, 7) is 0.240. The van der Waals surface area contributed by atoms with Crippen LogP contribution in [0.5, 0.6) is 0 Å². The number of nitrogens with two attached hydrogens (primary N) is 1. The van der Waals surface area contributed by atoms with Gasteiger partial charge in [0.2, 0.25) is 5.91 Å². The van der Waals surface area contributed by atoms with Crippen LogP contribution in [-0.2, 0) is 11.3 Å². The number of aromatic nitrogens is 1. The van der Waals surface area contributed by atoms with E-state index in [1.54, 1.807) is 18.2 Å². The van der Waals surface area contributed by atoms with E-state index in [2.05, 4.69) is 15.6 Å². The van der Waals surface area contributed by atoms with Crippen molar-refractivity contribution in [2.45, 2.75) is 19.4 Å². The minimum Gasteiger partial charge on any atom is -0.467 e. The normalized spacial score (nSPS) is 12.5. The topological polar surface area (TPSA) is 110 Å². The summed E-state index contributed by atoms with van der Waals surface area (Å²) in [4.78, 5) is 27.7. The molecule has 2 amide bonds. The van der Waals surface area contributed by atoms with E-state index in [-0.39, 0.29) is 49.1 Å². The molecule has 1 aliphatic carbocycles. The van der Waals surface area contributed by atoms with E-state index in [1.165, 1.54) is 12.5 Å². The fourth-order valence-corrected chi connectivity index (χ4v) is 1.93. The molecule has 2 heterocycles. The van der Waals surface area contributed by atoms with E-state index >= 15 is 0 Å². The van der Waals surface area contributed by atoms with Gasteiger partial charge in [-0.05, 0) is 31.0 Å². The zero-order chi connectivity index (χ0) is 15.5. The minimum absolute atomic E-state index is 0. The van der Waals surface area contributed by atoms with Crippen LogP contribution in [0.25, 0.3) is 0 Å². The molecule has 0 atom stereocenters. The lowest BCUT2D eigenvalue weighted by molar-refractivity contribution is -0.117. The van der Waals surface area contributed by atoms with Gasteiger partial charge in [-0.25, -0.2) is 4.98 Å². The van der Waals surface area contributed by atoms with Crippen LogP contribution in [0.1, 0.15) is 29.0 Å². The van der Waals surface area contributed by atoms with E-state index < -0.39 is 0 Å². The molecule has 0 spiro atoms. The van der Waals surface area contributed by atoms with Crippen LogP contribution < -0.4 is 16.4 Å². The van der Waals surface area contributed by atoms with Crippen molar-refractivity contribution < 1.29 is 14.0 Å². The molecule has 130 valence electrons. The minimum atomic E-state index is -0.306. The zero-order valence-corrected chi connectivity index (χ0v) is 14.3. The van der Waals surface area contributed by atoms with Crippen molar-refractivity contribution in [1.29, 1.82) is 0 Å². The lowest BCUT2D eigenvalue weighted by atomic mass is 10.3. The number of anilines is 2. The van der Waals surface area contributed by atoms with Gasteiger partial charge in [-0.15, -0.1) is 24.8 Å². The van der Waals surface area contributed by atoms with Crippen LogP contribution in [0, 0.1) is 5.92 Å². The molecule has 1 fully saturated rings. The number of pyridine rings is 1. The van der Waals surface area contributed by atoms with E-state index in [4.69, 9.17) is 10.2 Å². The maximum absolute atomic E-state index is 12.0. The molecule has 1 aliphatic rings. The molecular formula is C15H18Cl2N4O3. The van der Waals surface area contributed by atoms with Crippen LogP contribution >= 0.6 is 24.8 Å². The Balaban J connectivity index is 0.00000144. The van der Waals surface area contributed by atoms with Gasteiger partial charge >= 0.3 is 0 Å². The highest BCUT2D eigenvalue weighted by atomic mass is 35.5. The highest BCUT2D eigenvalue weighted by Crippen LogP contribution is 2.29. The highest BCUT2D eigenvalue weighted by Gasteiger charge is 2.29. The van der Waals surface area contributed by atoms with Gasteiger partial charge in [-0.1, -0.05) is 0 Å². The molecule has 24 heavy (non-hydrogen) atoms. The second kappa shape index (κ2) is 8.68. The summed E-state index contributed by atoms with van der Waals surface area (Å²) in [5, 5.41) is 5.43. The second-order valence-corrected chi connectivity index (χ2v) is 5.16. The Morgan fingerprint density at radius 2 is 2.00 bits per heavy atom. The Morgan fingerprint density at radius 1 is 1.25 bits per heavy atom. The maximum atomic E-state index is 12.0. The van der Waals surface area contributed by atoms with Gasteiger partial charge in [0.25, 0.3) is 5.91 Å². The Kier molecular flexibility index (Phi) is 7.21. The van der Waals surface area contributed by atoms with Crippen molar-refractivity contribution in [2.75, 3.05) is 10.6 Å². The summed E-state index contributed by atoms with van der Waals surface area (Å²) in [7, 11) is 0. The average molecular weight is 373 g/mol. The lowest BCUT2D eigenvalue weighted by Gasteiger charge is -2.06. The van der Waals surface area contributed by atoms with Crippen LogP contribution in [0.3, 0.4) is 0 Å². The van der Waals surface area contributed by atoms with Crippen LogP contribution in [0.15, 0.2) is 35.1 Å².